The van der Waals surface area contributed by atoms with Crippen LogP contribution in [0, 0.1) is 0 Å². The quantitative estimate of drug-likeness (QED) is 0.827. The molecule has 1 atom stereocenters. The van der Waals surface area contributed by atoms with Crippen LogP contribution in [0.3, 0.4) is 0 Å². The van der Waals surface area contributed by atoms with E-state index in [4.69, 9.17) is 4.74 Å². The zero-order valence-electron chi connectivity index (χ0n) is 12.7. The maximum atomic E-state index is 5.58. The number of aromatic nitrogens is 3. The molecule has 6 heteroatoms. The highest BCUT2D eigenvalue weighted by Crippen LogP contribution is 2.26. The van der Waals surface area contributed by atoms with Crippen LogP contribution in [-0.2, 0) is 0 Å². The molecule has 0 aliphatic carbocycles. The van der Waals surface area contributed by atoms with E-state index in [-0.39, 0.29) is 0 Å². The molecule has 1 fully saturated rings. The Kier molecular flexibility index (Phi) is 5.38. The summed E-state index contributed by atoms with van der Waals surface area (Å²) in [6.07, 6.45) is 4.47. The molecule has 0 radical (unpaired) electrons. The molecule has 20 heavy (non-hydrogen) atoms. The molecule has 112 valence electrons. The van der Waals surface area contributed by atoms with E-state index in [0.717, 1.165) is 31.9 Å². The average Bonchev–Trinajstić information content (AvgIpc) is 2.93. The van der Waals surface area contributed by atoms with Crippen LogP contribution in [0.2, 0.25) is 0 Å². The molecule has 2 heterocycles. The van der Waals surface area contributed by atoms with Crippen LogP contribution in [0.1, 0.15) is 46.5 Å². The fourth-order valence-corrected chi connectivity index (χ4v) is 2.49. The lowest BCUT2D eigenvalue weighted by atomic mass is 10.2. The molecule has 1 N–H and O–H groups in total. The molecule has 1 aromatic rings. The van der Waals surface area contributed by atoms with E-state index in [2.05, 4.69) is 39.0 Å². The van der Waals surface area contributed by atoms with Crippen molar-refractivity contribution in [2.24, 2.45) is 0 Å². The van der Waals surface area contributed by atoms with Crippen LogP contribution in [-0.4, -0.2) is 40.7 Å². The second kappa shape index (κ2) is 7.26. The first-order chi connectivity index (χ1) is 9.78. The number of hydrogen-bond donors (Lipinski definition) is 1. The highest BCUT2D eigenvalue weighted by atomic mass is 16.5. The van der Waals surface area contributed by atoms with Crippen LogP contribution in [0.4, 0.5) is 11.9 Å². The summed E-state index contributed by atoms with van der Waals surface area (Å²) < 4.78 is 5.58. The summed E-state index contributed by atoms with van der Waals surface area (Å²) in [7, 11) is 0. The third kappa shape index (κ3) is 3.49. The zero-order chi connectivity index (χ0) is 14.4. The summed E-state index contributed by atoms with van der Waals surface area (Å²) in [5.41, 5.74) is 0. The predicted molar refractivity (Wildman–Crippen MR) is 80.4 cm³/mol. The number of rotatable bonds is 7. The van der Waals surface area contributed by atoms with Crippen LogP contribution in [0.15, 0.2) is 0 Å². The van der Waals surface area contributed by atoms with Gasteiger partial charge in [0, 0.05) is 19.1 Å². The highest BCUT2D eigenvalue weighted by molar-refractivity contribution is 5.40. The maximum absolute atomic E-state index is 5.58. The van der Waals surface area contributed by atoms with Gasteiger partial charge in [0.15, 0.2) is 0 Å². The Labute approximate surface area is 121 Å². The first-order valence-electron chi connectivity index (χ1n) is 7.67. The Morgan fingerprint density at radius 1 is 1.25 bits per heavy atom. The van der Waals surface area contributed by atoms with Gasteiger partial charge in [-0.1, -0.05) is 13.8 Å². The molecule has 1 saturated heterocycles. The fourth-order valence-electron chi connectivity index (χ4n) is 2.49. The zero-order valence-corrected chi connectivity index (χ0v) is 12.7. The lowest BCUT2D eigenvalue weighted by Gasteiger charge is -2.24. The minimum absolute atomic E-state index is 0.426. The van der Waals surface area contributed by atoms with Gasteiger partial charge in [-0.3, -0.25) is 0 Å². The van der Waals surface area contributed by atoms with Gasteiger partial charge >= 0.3 is 6.01 Å². The summed E-state index contributed by atoms with van der Waals surface area (Å²) in [4.78, 5) is 15.6. The van der Waals surface area contributed by atoms with Crippen molar-refractivity contribution in [3.8, 4) is 6.01 Å². The van der Waals surface area contributed by atoms with Gasteiger partial charge in [-0.25, -0.2) is 0 Å². The first-order valence-corrected chi connectivity index (χ1v) is 7.67. The van der Waals surface area contributed by atoms with Crippen molar-refractivity contribution in [2.75, 3.05) is 29.9 Å². The van der Waals surface area contributed by atoms with E-state index in [1.54, 1.807) is 0 Å². The number of nitrogens with zero attached hydrogens (tertiary/aromatic N) is 4. The molecule has 1 aliphatic heterocycles. The summed E-state index contributed by atoms with van der Waals surface area (Å²) in [6, 6.07) is 0.959. The van der Waals surface area contributed by atoms with Crippen molar-refractivity contribution in [1.29, 1.82) is 0 Å². The normalized spacial score (nSPS) is 18.4. The predicted octanol–water partition coefficient (Wildman–Crippen LogP) is 2.47. The molecule has 0 amide bonds. The molecule has 1 aliphatic rings. The van der Waals surface area contributed by atoms with Gasteiger partial charge in [0.1, 0.15) is 0 Å². The summed E-state index contributed by atoms with van der Waals surface area (Å²) in [5, 5.41) is 3.15. The number of nitrogens with one attached hydrogen (secondary N) is 1. The van der Waals surface area contributed by atoms with E-state index < -0.39 is 0 Å². The monoisotopic (exact) mass is 279 g/mol. The summed E-state index contributed by atoms with van der Waals surface area (Å²) in [6.45, 7) is 8.74. The van der Waals surface area contributed by atoms with Gasteiger partial charge in [-0.05, 0) is 32.6 Å². The summed E-state index contributed by atoms with van der Waals surface area (Å²) >= 11 is 0. The number of ether oxygens (including phenoxy) is 1. The Balaban J connectivity index is 2.23. The van der Waals surface area contributed by atoms with Gasteiger partial charge in [0.05, 0.1) is 6.61 Å². The fraction of sp³-hybridized carbons (Fsp3) is 0.786. The molecule has 1 unspecified atom stereocenters. The second-order valence-corrected chi connectivity index (χ2v) is 5.02. The number of anilines is 2. The molecular weight excluding hydrogens is 254 g/mol. The largest absolute Gasteiger partial charge is 0.463 e. The molecule has 0 aromatic carbocycles. The topological polar surface area (TPSA) is 63.2 Å². The van der Waals surface area contributed by atoms with E-state index >= 15 is 0 Å². The van der Waals surface area contributed by atoms with Crippen molar-refractivity contribution in [3.05, 3.63) is 0 Å². The lowest BCUT2D eigenvalue weighted by molar-refractivity contribution is 0.291. The van der Waals surface area contributed by atoms with E-state index in [9.17, 15) is 0 Å². The van der Waals surface area contributed by atoms with Crippen molar-refractivity contribution in [3.63, 3.8) is 0 Å². The third-order valence-corrected chi connectivity index (χ3v) is 3.48. The van der Waals surface area contributed by atoms with Crippen molar-refractivity contribution >= 4 is 11.9 Å². The summed E-state index contributed by atoms with van der Waals surface area (Å²) in [5.74, 6) is 1.34. The van der Waals surface area contributed by atoms with E-state index in [1.165, 1.54) is 12.8 Å². The minimum atomic E-state index is 0.426. The van der Waals surface area contributed by atoms with Crippen molar-refractivity contribution in [2.45, 2.75) is 52.5 Å². The minimum Gasteiger partial charge on any atom is -0.463 e. The standard InChI is InChI=1S/C14H25N5O/c1-4-10-20-14-17-12(15-6-3)16-13(18-14)19-9-7-8-11(19)5-2/h11H,4-10H2,1-3H3,(H,15,16,17,18). The lowest BCUT2D eigenvalue weighted by Crippen LogP contribution is -2.30. The second-order valence-electron chi connectivity index (χ2n) is 5.02. The van der Waals surface area contributed by atoms with Crippen LogP contribution < -0.4 is 15.0 Å². The maximum Gasteiger partial charge on any atom is 0.323 e. The van der Waals surface area contributed by atoms with Crippen LogP contribution in [0.25, 0.3) is 0 Å². The van der Waals surface area contributed by atoms with Gasteiger partial charge in [0.2, 0.25) is 11.9 Å². The molecule has 0 bridgehead atoms. The van der Waals surface area contributed by atoms with Crippen LogP contribution >= 0.6 is 0 Å². The van der Waals surface area contributed by atoms with E-state index in [0.29, 0.717) is 24.6 Å². The smallest absolute Gasteiger partial charge is 0.323 e. The Hall–Kier alpha value is -1.59. The Morgan fingerprint density at radius 2 is 2.10 bits per heavy atom. The van der Waals surface area contributed by atoms with Crippen LogP contribution in [0.5, 0.6) is 6.01 Å². The van der Waals surface area contributed by atoms with Crippen molar-refractivity contribution < 1.29 is 4.74 Å². The molecule has 0 spiro atoms. The SMILES string of the molecule is CCCOc1nc(NCC)nc(N2CCCC2CC)n1. The molecule has 1 aromatic heterocycles. The third-order valence-electron chi connectivity index (χ3n) is 3.48. The first kappa shape index (κ1) is 14.8. The molecule has 0 saturated carbocycles. The molecule has 2 rings (SSSR count). The Morgan fingerprint density at radius 3 is 2.80 bits per heavy atom. The van der Waals surface area contributed by atoms with Crippen molar-refractivity contribution in [1.82, 2.24) is 15.0 Å². The molecular formula is C14H25N5O. The average molecular weight is 279 g/mol. The molecule has 6 nitrogen and oxygen atoms in total. The van der Waals surface area contributed by atoms with E-state index in [1.807, 2.05) is 6.92 Å². The van der Waals surface area contributed by atoms with Gasteiger partial charge in [-0.15, -0.1) is 0 Å². The van der Waals surface area contributed by atoms with Gasteiger partial charge in [0.25, 0.3) is 0 Å². The van der Waals surface area contributed by atoms with Gasteiger partial charge in [-0.2, -0.15) is 15.0 Å². The highest BCUT2D eigenvalue weighted by Gasteiger charge is 2.26. The Bertz CT molecular complexity index is 426. The number of hydrogen-bond acceptors (Lipinski definition) is 6. The van der Waals surface area contributed by atoms with Gasteiger partial charge < -0.3 is 15.0 Å².